The van der Waals surface area contributed by atoms with Crippen molar-refractivity contribution < 1.29 is 23.1 Å². The minimum atomic E-state index is -1.15. The minimum absolute atomic E-state index is 0.118. The number of carbonyl (C=O) groups is 2. The Morgan fingerprint density at radius 1 is 1.07 bits per heavy atom. The second-order valence-corrected chi connectivity index (χ2v) is 6.48. The number of carbonyl (C=O) groups excluding carboxylic acids is 2. The Hall–Kier alpha value is -2.96. The van der Waals surface area contributed by atoms with Gasteiger partial charge in [0.15, 0.2) is 11.6 Å². The summed E-state index contributed by atoms with van der Waals surface area (Å²) in [6.07, 6.45) is 1.41. The van der Waals surface area contributed by atoms with Crippen molar-refractivity contribution in [1.82, 2.24) is 5.32 Å². The summed E-state index contributed by atoms with van der Waals surface area (Å²) >= 11 is 0. The van der Waals surface area contributed by atoms with Gasteiger partial charge in [0, 0.05) is 18.3 Å². The summed E-state index contributed by atoms with van der Waals surface area (Å²) in [5.41, 5.74) is -0.0746. The third-order valence-electron chi connectivity index (χ3n) is 4.67. The minimum Gasteiger partial charge on any atom is -0.496 e. The molecule has 1 aliphatic rings. The molecule has 2 amide bonds. The smallest absolute Gasteiger partial charge is 0.240 e. The first-order valence-corrected chi connectivity index (χ1v) is 8.63. The van der Waals surface area contributed by atoms with Crippen molar-refractivity contribution in [2.45, 2.75) is 19.3 Å². The van der Waals surface area contributed by atoms with E-state index in [0.29, 0.717) is 25.8 Å². The predicted molar refractivity (Wildman–Crippen MR) is 96.4 cm³/mol. The summed E-state index contributed by atoms with van der Waals surface area (Å²) in [5.74, 6) is -2.19. The lowest BCUT2D eigenvalue weighted by molar-refractivity contribution is -0.134. The standard InChI is InChI=1S/C20H20F2N2O3/c1-27-17-5-3-2-4-13(17)8-11-23-18(25)20(9-10-20)19(26)24-14-6-7-15(21)16(22)12-14/h2-7,12H,8-11H2,1H3,(H,23,25)(H,24,26). The molecular formula is C20H20F2N2O3. The lowest BCUT2D eigenvalue weighted by atomic mass is 10.0. The van der Waals surface area contributed by atoms with E-state index >= 15 is 0 Å². The molecule has 142 valence electrons. The summed E-state index contributed by atoms with van der Waals surface area (Å²) in [4.78, 5) is 24.9. The first kappa shape index (κ1) is 18.8. The van der Waals surface area contributed by atoms with Crippen LogP contribution >= 0.6 is 0 Å². The van der Waals surface area contributed by atoms with Gasteiger partial charge in [-0.1, -0.05) is 18.2 Å². The Morgan fingerprint density at radius 3 is 2.48 bits per heavy atom. The maximum atomic E-state index is 13.3. The summed E-state index contributed by atoms with van der Waals surface area (Å²) in [6.45, 7) is 0.361. The monoisotopic (exact) mass is 374 g/mol. The molecule has 0 radical (unpaired) electrons. The molecule has 0 aromatic heterocycles. The summed E-state index contributed by atoms with van der Waals surface area (Å²) in [7, 11) is 1.58. The lowest BCUT2D eigenvalue weighted by Gasteiger charge is -2.16. The Morgan fingerprint density at radius 2 is 1.81 bits per heavy atom. The van der Waals surface area contributed by atoms with Crippen LogP contribution in [0.3, 0.4) is 0 Å². The number of halogens is 2. The van der Waals surface area contributed by atoms with E-state index in [1.807, 2.05) is 24.3 Å². The van der Waals surface area contributed by atoms with Gasteiger partial charge in [0.05, 0.1) is 7.11 Å². The van der Waals surface area contributed by atoms with Crippen LogP contribution < -0.4 is 15.4 Å². The number of ether oxygens (including phenoxy) is 1. The molecule has 2 aromatic rings. The zero-order valence-electron chi connectivity index (χ0n) is 14.9. The number of hydrogen-bond acceptors (Lipinski definition) is 3. The number of para-hydroxylation sites is 1. The number of nitrogens with one attached hydrogen (secondary N) is 2. The number of amides is 2. The normalized spacial score (nSPS) is 14.3. The van der Waals surface area contributed by atoms with Gasteiger partial charge < -0.3 is 15.4 Å². The Kier molecular flexibility index (Phi) is 5.39. The van der Waals surface area contributed by atoms with E-state index in [0.717, 1.165) is 23.4 Å². The average molecular weight is 374 g/mol. The summed E-state index contributed by atoms with van der Waals surface area (Å²) < 4.78 is 31.5. The molecule has 7 heteroatoms. The fourth-order valence-corrected chi connectivity index (χ4v) is 2.90. The van der Waals surface area contributed by atoms with Crippen LogP contribution in [0.2, 0.25) is 0 Å². The van der Waals surface area contributed by atoms with Crippen LogP contribution in [0.15, 0.2) is 42.5 Å². The van der Waals surface area contributed by atoms with E-state index in [9.17, 15) is 18.4 Å². The third-order valence-corrected chi connectivity index (χ3v) is 4.67. The van der Waals surface area contributed by atoms with Crippen LogP contribution in [0.1, 0.15) is 18.4 Å². The summed E-state index contributed by atoms with van der Waals surface area (Å²) in [6, 6.07) is 10.6. The molecule has 0 heterocycles. The van der Waals surface area contributed by atoms with Crippen molar-refractivity contribution in [1.29, 1.82) is 0 Å². The molecule has 2 N–H and O–H groups in total. The van der Waals surface area contributed by atoms with Gasteiger partial charge in [-0.25, -0.2) is 8.78 Å². The van der Waals surface area contributed by atoms with Gasteiger partial charge in [-0.3, -0.25) is 9.59 Å². The van der Waals surface area contributed by atoms with Gasteiger partial charge in [0.2, 0.25) is 11.8 Å². The number of benzene rings is 2. The molecule has 0 aliphatic heterocycles. The van der Waals surface area contributed by atoms with Crippen molar-refractivity contribution in [2.75, 3.05) is 19.0 Å². The number of hydrogen-bond donors (Lipinski definition) is 2. The van der Waals surface area contributed by atoms with Gasteiger partial charge in [-0.2, -0.15) is 0 Å². The molecule has 0 unspecified atom stereocenters. The molecule has 5 nitrogen and oxygen atoms in total. The highest BCUT2D eigenvalue weighted by Crippen LogP contribution is 2.46. The van der Waals surface area contributed by atoms with Crippen molar-refractivity contribution in [3.05, 3.63) is 59.7 Å². The fraction of sp³-hybridized carbons (Fsp3) is 0.300. The van der Waals surface area contributed by atoms with Gasteiger partial charge in [-0.05, 0) is 43.0 Å². The van der Waals surface area contributed by atoms with E-state index in [1.54, 1.807) is 7.11 Å². The Balaban J connectivity index is 1.57. The molecule has 0 atom stereocenters. The second kappa shape index (κ2) is 7.73. The first-order valence-electron chi connectivity index (χ1n) is 8.63. The van der Waals surface area contributed by atoms with Crippen molar-refractivity contribution in [3.8, 4) is 5.75 Å². The highest BCUT2D eigenvalue weighted by atomic mass is 19.2. The van der Waals surface area contributed by atoms with Crippen LogP contribution in [0.25, 0.3) is 0 Å². The summed E-state index contributed by atoms with van der Waals surface area (Å²) in [5, 5.41) is 5.28. The second-order valence-electron chi connectivity index (χ2n) is 6.48. The van der Waals surface area contributed by atoms with Crippen LogP contribution in [0.4, 0.5) is 14.5 Å². The van der Waals surface area contributed by atoms with E-state index < -0.39 is 23.0 Å². The van der Waals surface area contributed by atoms with Crippen LogP contribution in [-0.2, 0) is 16.0 Å². The van der Waals surface area contributed by atoms with Gasteiger partial charge in [0.1, 0.15) is 11.2 Å². The number of methoxy groups -OCH3 is 1. The van der Waals surface area contributed by atoms with E-state index in [-0.39, 0.29) is 11.6 Å². The van der Waals surface area contributed by atoms with Crippen LogP contribution in [0, 0.1) is 17.0 Å². The van der Waals surface area contributed by atoms with Crippen molar-refractivity contribution in [2.24, 2.45) is 5.41 Å². The predicted octanol–water partition coefficient (Wildman–Crippen LogP) is 3.05. The number of anilines is 1. The Bertz CT molecular complexity index is 866. The first-order chi connectivity index (χ1) is 13.0. The topological polar surface area (TPSA) is 67.4 Å². The van der Waals surface area contributed by atoms with Crippen LogP contribution in [0.5, 0.6) is 5.75 Å². The van der Waals surface area contributed by atoms with Gasteiger partial charge in [0.25, 0.3) is 0 Å². The zero-order valence-corrected chi connectivity index (χ0v) is 14.9. The molecule has 27 heavy (non-hydrogen) atoms. The van der Waals surface area contributed by atoms with Crippen molar-refractivity contribution >= 4 is 17.5 Å². The third kappa shape index (κ3) is 4.07. The molecule has 0 spiro atoms. The average Bonchev–Trinajstić information content (AvgIpc) is 3.47. The number of rotatable bonds is 7. The van der Waals surface area contributed by atoms with Gasteiger partial charge >= 0.3 is 0 Å². The molecule has 3 rings (SSSR count). The SMILES string of the molecule is COc1ccccc1CCNC(=O)C1(C(=O)Nc2ccc(F)c(F)c2)CC1. The molecule has 0 bridgehead atoms. The van der Waals surface area contributed by atoms with E-state index in [4.69, 9.17) is 4.74 Å². The molecule has 1 saturated carbocycles. The zero-order chi connectivity index (χ0) is 19.4. The van der Waals surface area contributed by atoms with E-state index in [1.165, 1.54) is 6.07 Å². The lowest BCUT2D eigenvalue weighted by Crippen LogP contribution is -2.40. The molecule has 1 fully saturated rings. The molecular weight excluding hydrogens is 354 g/mol. The molecule has 2 aromatic carbocycles. The maximum absolute atomic E-state index is 13.3. The van der Waals surface area contributed by atoms with Gasteiger partial charge in [-0.15, -0.1) is 0 Å². The van der Waals surface area contributed by atoms with Crippen LogP contribution in [-0.4, -0.2) is 25.5 Å². The van der Waals surface area contributed by atoms with E-state index in [2.05, 4.69) is 10.6 Å². The fourth-order valence-electron chi connectivity index (χ4n) is 2.90. The maximum Gasteiger partial charge on any atom is 0.240 e. The molecule has 0 saturated heterocycles. The van der Waals surface area contributed by atoms with Crippen molar-refractivity contribution in [3.63, 3.8) is 0 Å². The Labute approximate surface area is 155 Å². The quantitative estimate of drug-likeness (QED) is 0.732. The molecule has 1 aliphatic carbocycles. The highest BCUT2D eigenvalue weighted by Gasteiger charge is 2.56. The largest absolute Gasteiger partial charge is 0.496 e. The highest BCUT2D eigenvalue weighted by molar-refractivity contribution is 6.13.